The van der Waals surface area contributed by atoms with Gasteiger partial charge in [-0.15, -0.1) is 0 Å². The second-order valence-electron chi connectivity index (χ2n) is 10.7. The zero-order valence-corrected chi connectivity index (χ0v) is 23.6. The number of hydrogen-bond donors (Lipinski definition) is 5. The number of rotatable bonds is 9. The molecule has 41 heavy (non-hydrogen) atoms. The van der Waals surface area contributed by atoms with E-state index in [4.69, 9.17) is 16.2 Å². The van der Waals surface area contributed by atoms with Crippen LogP contribution in [0.2, 0.25) is 0 Å². The van der Waals surface area contributed by atoms with Gasteiger partial charge < -0.3 is 36.8 Å². The zero-order valence-electron chi connectivity index (χ0n) is 23.6. The second kappa shape index (κ2) is 15.2. The monoisotopic (exact) mass is 567 g/mol. The van der Waals surface area contributed by atoms with Crippen molar-refractivity contribution in [1.82, 2.24) is 15.5 Å². The van der Waals surface area contributed by atoms with Gasteiger partial charge >= 0.3 is 0 Å². The van der Waals surface area contributed by atoms with Crippen LogP contribution in [0.15, 0.2) is 54.6 Å². The van der Waals surface area contributed by atoms with Gasteiger partial charge in [-0.1, -0.05) is 42.5 Å². The summed E-state index contributed by atoms with van der Waals surface area (Å²) in [4.78, 5) is 52.3. The number of hydrogen-bond acceptors (Lipinski definition) is 7. The van der Waals surface area contributed by atoms with Crippen LogP contribution >= 0.6 is 0 Å². The van der Waals surface area contributed by atoms with Gasteiger partial charge in [0.25, 0.3) is 0 Å². The lowest BCUT2D eigenvalue weighted by atomic mass is 9.98. The van der Waals surface area contributed by atoms with Gasteiger partial charge in [0.1, 0.15) is 11.8 Å². The Morgan fingerprint density at radius 2 is 1.76 bits per heavy atom. The summed E-state index contributed by atoms with van der Waals surface area (Å²) in [5.41, 5.74) is 13.4. The van der Waals surface area contributed by atoms with Crippen molar-refractivity contribution in [3.63, 3.8) is 0 Å². The molecule has 2 aromatic carbocycles. The summed E-state index contributed by atoms with van der Waals surface area (Å²) in [7, 11) is 0. The minimum Gasteiger partial charge on any atom is -0.494 e. The third-order valence-corrected chi connectivity index (χ3v) is 6.95. The molecule has 11 nitrogen and oxygen atoms in total. The minimum absolute atomic E-state index is 0.0847. The largest absolute Gasteiger partial charge is 0.494 e. The number of aliphatic hydroxyl groups is 1. The van der Waals surface area contributed by atoms with Gasteiger partial charge in [-0.25, -0.2) is 0 Å². The van der Waals surface area contributed by atoms with Gasteiger partial charge in [-0.2, -0.15) is 0 Å². The third kappa shape index (κ3) is 9.87. The first-order valence-electron chi connectivity index (χ1n) is 13.9. The van der Waals surface area contributed by atoms with Crippen molar-refractivity contribution in [2.45, 2.75) is 76.2 Å². The molecular weight excluding hydrogens is 526 g/mol. The van der Waals surface area contributed by atoms with E-state index in [1.165, 1.54) is 4.90 Å². The van der Waals surface area contributed by atoms with Gasteiger partial charge in [0.15, 0.2) is 0 Å². The van der Waals surface area contributed by atoms with E-state index in [1.54, 1.807) is 12.1 Å². The third-order valence-electron chi connectivity index (χ3n) is 6.95. The number of nitrogens with one attached hydrogen (secondary N) is 2. The Morgan fingerprint density at radius 3 is 2.39 bits per heavy atom. The summed E-state index contributed by atoms with van der Waals surface area (Å²) in [5.74, 6) is -1.55. The first-order valence-corrected chi connectivity index (χ1v) is 13.9. The van der Waals surface area contributed by atoms with Crippen LogP contribution in [0.25, 0.3) is 0 Å². The molecular formula is C30H41N5O6. The van der Waals surface area contributed by atoms with Crippen molar-refractivity contribution in [2.24, 2.45) is 11.5 Å². The van der Waals surface area contributed by atoms with E-state index < -0.39 is 48.4 Å². The predicted octanol–water partition coefficient (Wildman–Crippen LogP) is 0.415. The van der Waals surface area contributed by atoms with Crippen LogP contribution in [0, 0.1) is 0 Å². The van der Waals surface area contributed by atoms with Gasteiger partial charge in [-0.05, 0) is 56.4 Å². The molecule has 2 heterocycles. The van der Waals surface area contributed by atoms with E-state index in [0.717, 1.165) is 11.1 Å². The molecule has 0 saturated heterocycles. The van der Waals surface area contributed by atoms with Crippen molar-refractivity contribution < 1.29 is 29.0 Å². The van der Waals surface area contributed by atoms with Crippen LogP contribution in [0.4, 0.5) is 0 Å². The van der Waals surface area contributed by atoms with Crippen LogP contribution in [-0.2, 0) is 32.0 Å². The number of benzene rings is 2. The highest BCUT2D eigenvalue weighted by Gasteiger charge is 2.32. The fourth-order valence-corrected chi connectivity index (χ4v) is 4.69. The molecule has 0 spiro atoms. The molecule has 1 unspecified atom stereocenters. The van der Waals surface area contributed by atoms with Crippen molar-refractivity contribution in [3.05, 3.63) is 65.7 Å². The maximum atomic E-state index is 13.4. The Morgan fingerprint density at radius 1 is 1.07 bits per heavy atom. The molecule has 0 aromatic heterocycles. The lowest BCUT2D eigenvalue weighted by molar-refractivity contribution is -0.136. The molecule has 2 aliphatic rings. The van der Waals surface area contributed by atoms with E-state index in [9.17, 15) is 24.3 Å². The maximum Gasteiger partial charge on any atom is 0.243 e. The predicted molar refractivity (Wildman–Crippen MR) is 154 cm³/mol. The quantitative estimate of drug-likeness (QED) is 0.291. The summed E-state index contributed by atoms with van der Waals surface area (Å²) in [6.07, 6.45) is -0.573. The summed E-state index contributed by atoms with van der Waals surface area (Å²) >= 11 is 0. The number of carbonyl (C=O) groups is 4. The normalized spacial score (nSPS) is 19.6. The molecule has 0 saturated carbocycles. The number of carbonyl (C=O) groups excluding carboxylic acids is 4. The number of amides is 4. The van der Waals surface area contributed by atoms with Crippen LogP contribution in [0.3, 0.4) is 0 Å². The number of ether oxygens (including phenoxy) is 1. The van der Waals surface area contributed by atoms with Gasteiger partial charge in [0.05, 0.1) is 31.2 Å². The smallest absolute Gasteiger partial charge is 0.243 e. The van der Waals surface area contributed by atoms with Crippen LogP contribution in [0.1, 0.15) is 44.2 Å². The van der Waals surface area contributed by atoms with Crippen molar-refractivity contribution >= 4 is 23.6 Å². The van der Waals surface area contributed by atoms with E-state index in [-0.39, 0.29) is 31.3 Å². The summed E-state index contributed by atoms with van der Waals surface area (Å²) in [6, 6.07) is 13.4. The number of nitrogens with zero attached hydrogens (tertiary/aromatic N) is 1. The van der Waals surface area contributed by atoms with Gasteiger partial charge in [0.2, 0.25) is 23.6 Å². The number of aliphatic hydroxyl groups excluding tert-OH is 1. The first kappa shape index (κ1) is 31.6. The summed E-state index contributed by atoms with van der Waals surface area (Å²) in [5, 5.41) is 16.8. The highest BCUT2D eigenvalue weighted by molar-refractivity contribution is 5.91. The summed E-state index contributed by atoms with van der Waals surface area (Å²) in [6.45, 7) is 3.85. The molecule has 0 fully saturated rings. The SMILES string of the molecule is CC(C)N(CC(O)[C@@H]1Cc2ccc(cc2)OCCCC(=O)N[C@@H](CC(N)=O)C(=O)N1)C(=O)[C@@H](N)Cc1ccccc1. The molecule has 7 N–H and O–H groups in total. The molecule has 2 aromatic rings. The Labute approximate surface area is 240 Å². The highest BCUT2D eigenvalue weighted by atomic mass is 16.5. The fourth-order valence-electron chi connectivity index (χ4n) is 4.69. The number of primary amides is 1. The lowest BCUT2D eigenvalue weighted by Gasteiger charge is -2.34. The van der Waals surface area contributed by atoms with Gasteiger partial charge in [0, 0.05) is 19.0 Å². The topological polar surface area (TPSA) is 177 Å². The van der Waals surface area contributed by atoms with E-state index in [0.29, 0.717) is 25.2 Å². The van der Waals surface area contributed by atoms with E-state index >= 15 is 0 Å². The second-order valence-corrected chi connectivity index (χ2v) is 10.7. The first-order chi connectivity index (χ1) is 19.5. The maximum absolute atomic E-state index is 13.4. The van der Waals surface area contributed by atoms with Crippen LogP contribution in [-0.4, -0.2) is 77.1 Å². The lowest BCUT2D eigenvalue weighted by Crippen LogP contribution is -2.57. The van der Waals surface area contributed by atoms with Gasteiger partial charge in [-0.3, -0.25) is 19.2 Å². The molecule has 4 amide bonds. The molecule has 4 rings (SSSR count). The Kier molecular flexibility index (Phi) is 11.7. The minimum atomic E-state index is -1.22. The molecule has 0 radical (unpaired) electrons. The Balaban J connectivity index is 1.83. The van der Waals surface area contributed by atoms with Crippen LogP contribution in [0.5, 0.6) is 5.75 Å². The standard InChI is InChI=1S/C30H41N5O6/c1-19(2)35(30(40)23(31)15-20-7-4-3-5-8-20)18-26(36)24-16-21-10-12-22(13-11-21)41-14-6-9-28(38)33-25(17-27(32)37)29(39)34-24/h3-5,7-8,10-13,19,23-26,36H,6,9,14-18,31H2,1-2H3,(H2,32,37)(H,33,38)(H,34,39)/t23-,24-,25-,26?/m0/s1. The van der Waals surface area contributed by atoms with Crippen molar-refractivity contribution in [1.29, 1.82) is 0 Å². The number of nitrogens with two attached hydrogens (primary N) is 2. The average molecular weight is 568 g/mol. The summed E-state index contributed by atoms with van der Waals surface area (Å²) < 4.78 is 5.70. The molecule has 11 heteroatoms. The molecule has 0 aliphatic carbocycles. The Hall–Kier alpha value is -3.96. The van der Waals surface area contributed by atoms with Crippen molar-refractivity contribution in [2.75, 3.05) is 13.2 Å². The highest BCUT2D eigenvalue weighted by Crippen LogP contribution is 2.17. The molecule has 222 valence electrons. The van der Waals surface area contributed by atoms with E-state index in [1.807, 2.05) is 56.3 Å². The van der Waals surface area contributed by atoms with Crippen molar-refractivity contribution in [3.8, 4) is 5.75 Å². The zero-order chi connectivity index (χ0) is 29.9. The van der Waals surface area contributed by atoms with Crippen LogP contribution < -0.4 is 26.8 Å². The molecule has 2 aliphatic heterocycles. The molecule has 2 bridgehead atoms. The van der Waals surface area contributed by atoms with E-state index in [2.05, 4.69) is 10.6 Å². The fraction of sp³-hybridized carbons (Fsp3) is 0.467. The average Bonchev–Trinajstić information content (AvgIpc) is 2.94. The molecule has 4 atom stereocenters. The number of fused-ring (bicyclic) bond motifs is 12. The Bertz CT molecular complexity index is 1170.